The van der Waals surface area contributed by atoms with E-state index in [0.717, 1.165) is 5.56 Å². The highest BCUT2D eigenvalue weighted by Gasteiger charge is 2.36. The van der Waals surface area contributed by atoms with Gasteiger partial charge in [-0.2, -0.15) is 5.10 Å². The van der Waals surface area contributed by atoms with Crippen molar-refractivity contribution in [3.63, 3.8) is 0 Å². The van der Waals surface area contributed by atoms with Crippen molar-refractivity contribution in [1.82, 2.24) is 15.1 Å². The number of nitrogens with zero attached hydrogens (tertiary/aromatic N) is 2. The minimum Gasteiger partial charge on any atom is -0.393 e. The van der Waals surface area contributed by atoms with Crippen molar-refractivity contribution in [2.75, 3.05) is 11.5 Å². The van der Waals surface area contributed by atoms with Crippen LogP contribution >= 0.6 is 0 Å². The third-order valence-electron chi connectivity index (χ3n) is 3.81. The normalized spacial score (nSPS) is 23.4. The molecule has 1 atom stereocenters. The molecule has 1 amide bonds. The number of amides is 1. The third-order valence-corrected chi connectivity index (χ3v) is 5.39. The molecule has 1 saturated carbocycles. The summed E-state index contributed by atoms with van der Waals surface area (Å²) in [5.74, 6) is -0.958. The van der Waals surface area contributed by atoms with Gasteiger partial charge in [0.2, 0.25) is 5.91 Å². The molecule has 0 spiro atoms. The summed E-state index contributed by atoms with van der Waals surface area (Å²) in [5.41, 5.74) is 0.830. The SMILES string of the molecule is CCS(=O)(=O)CC(=O)N[C@H](c1cnn(C)c1)C1CC(O)C1. The molecule has 0 saturated heterocycles. The van der Waals surface area contributed by atoms with Gasteiger partial charge in [0.25, 0.3) is 0 Å². The lowest BCUT2D eigenvalue weighted by atomic mass is 9.75. The molecule has 118 valence electrons. The fourth-order valence-electron chi connectivity index (χ4n) is 2.49. The number of rotatable bonds is 6. The van der Waals surface area contributed by atoms with Gasteiger partial charge in [-0.3, -0.25) is 9.48 Å². The maximum atomic E-state index is 12.0. The summed E-state index contributed by atoms with van der Waals surface area (Å²) in [4.78, 5) is 12.0. The summed E-state index contributed by atoms with van der Waals surface area (Å²) in [6.45, 7) is 1.52. The predicted molar refractivity (Wildman–Crippen MR) is 77.2 cm³/mol. The van der Waals surface area contributed by atoms with Crippen molar-refractivity contribution in [2.24, 2.45) is 13.0 Å². The number of hydrogen-bond donors (Lipinski definition) is 2. The fraction of sp³-hybridized carbons (Fsp3) is 0.692. The Morgan fingerprint density at radius 1 is 1.57 bits per heavy atom. The first-order chi connectivity index (χ1) is 9.80. The first-order valence-electron chi connectivity index (χ1n) is 6.97. The van der Waals surface area contributed by atoms with E-state index in [1.165, 1.54) is 6.92 Å². The molecule has 7 nitrogen and oxygen atoms in total. The number of aromatic nitrogens is 2. The molecule has 1 aromatic heterocycles. The first-order valence-corrected chi connectivity index (χ1v) is 8.79. The highest BCUT2D eigenvalue weighted by atomic mass is 32.2. The van der Waals surface area contributed by atoms with Crippen molar-refractivity contribution in [1.29, 1.82) is 0 Å². The van der Waals surface area contributed by atoms with Gasteiger partial charge in [0.15, 0.2) is 9.84 Å². The van der Waals surface area contributed by atoms with Gasteiger partial charge in [0, 0.05) is 24.6 Å². The number of carbonyl (C=O) groups excluding carboxylic acids is 1. The third kappa shape index (κ3) is 4.04. The largest absolute Gasteiger partial charge is 0.393 e. The summed E-state index contributed by atoms with van der Waals surface area (Å²) >= 11 is 0. The Hall–Kier alpha value is -1.41. The monoisotopic (exact) mass is 315 g/mol. The number of aliphatic hydroxyl groups is 1. The van der Waals surface area contributed by atoms with Crippen molar-refractivity contribution in [3.8, 4) is 0 Å². The second-order valence-corrected chi connectivity index (χ2v) is 7.91. The predicted octanol–water partition coefficient (Wildman–Crippen LogP) is -0.217. The number of hydrogen-bond acceptors (Lipinski definition) is 5. The Bertz CT molecular complexity index is 605. The smallest absolute Gasteiger partial charge is 0.235 e. The Kier molecular flexibility index (Phi) is 4.67. The van der Waals surface area contributed by atoms with Gasteiger partial charge in [0.05, 0.1) is 18.3 Å². The minimum absolute atomic E-state index is 0.0554. The lowest BCUT2D eigenvalue weighted by Crippen LogP contribution is -2.43. The van der Waals surface area contributed by atoms with Crippen LogP contribution in [-0.4, -0.2) is 46.8 Å². The van der Waals surface area contributed by atoms with Crippen LogP contribution in [0.4, 0.5) is 0 Å². The Labute approximate surface area is 124 Å². The van der Waals surface area contributed by atoms with Crippen molar-refractivity contribution < 1.29 is 18.3 Å². The Morgan fingerprint density at radius 3 is 2.71 bits per heavy atom. The van der Waals surface area contributed by atoms with Crippen LogP contribution in [0.1, 0.15) is 31.4 Å². The van der Waals surface area contributed by atoms with E-state index in [1.807, 2.05) is 0 Å². The van der Waals surface area contributed by atoms with Crippen LogP contribution in [0.25, 0.3) is 0 Å². The molecule has 0 unspecified atom stereocenters. The van der Waals surface area contributed by atoms with Crippen LogP contribution in [-0.2, 0) is 21.7 Å². The van der Waals surface area contributed by atoms with Gasteiger partial charge in [-0.1, -0.05) is 6.92 Å². The molecule has 0 radical (unpaired) electrons. The van der Waals surface area contributed by atoms with E-state index in [9.17, 15) is 18.3 Å². The number of nitrogens with one attached hydrogen (secondary N) is 1. The fourth-order valence-corrected chi connectivity index (χ4v) is 3.18. The second kappa shape index (κ2) is 6.15. The minimum atomic E-state index is -3.35. The second-order valence-electron chi connectivity index (χ2n) is 5.55. The van der Waals surface area contributed by atoms with Gasteiger partial charge in [-0.15, -0.1) is 0 Å². The van der Waals surface area contributed by atoms with Gasteiger partial charge in [-0.25, -0.2) is 8.42 Å². The van der Waals surface area contributed by atoms with E-state index in [4.69, 9.17) is 0 Å². The van der Waals surface area contributed by atoms with Crippen LogP contribution in [0, 0.1) is 5.92 Å². The number of aliphatic hydroxyl groups excluding tert-OH is 1. The molecule has 2 rings (SSSR count). The van der Waals surface area contributed by atoms with E-state index in [1.54, 1.807) is 24.1 Å². The highest BCUT2D eigenvalue weighted by Crippen LogP contribution is 2.37. The number of carbonyl (C=O) groups is 1. The molecule has 0 aromatic carbocycles. The quantitative estimate of drug-likeness (QED) is 0.756. The number of sulfone groups is 1. The van der Waals surface area contributed by atoms with E-state index < -0.39 is 21.5 Å². The maximum absolute atomic E-state index is 12.0. The number of aryl methyl sites for hydroxylation is 1. The average molecular weight is 315 g/mol. The zero-order chi connectivity index (χ0) is 15.6. The van der Waals surface area contributed by atoms with Crippen LogP contribution in [0.2, 0.25) is 0 Å². The molecule has 1 aromatic rings. The van der Waals surface area contributed by atoms with E-state index in [-0.39, 0.29) is 23.8 Å². The molecule has 0 aliphatic heterocycles. The van der Waals surface area contributed by atoms with Crippen molar-refractivity contribution in [3.05, 3.63) is 18.0 Å². The average Bonchev–Trinajstić information content (AvgIpc) is 2.78. The lowest BCUT2D eigenvalue weighted by Gasteiger charge is -2.37. The Morgan fingerprint density at radius 2 is 2.24 bits per heavy atom. The molecule has 21 heavy (non-hydrogen) atoms. The molecule has 1 aliphatic carbocycles. The summed E-state index contributed by atoms with van der Waals surface area (Å²) in [5, 5.41) is 16.3. The standard InChI is InChI=1S/C13H21N3O4S/c1-3-21(19,20)8-12(18)15-13(9-4-11(17)5-9)10-6-14-16(2)7-10/h6-7,9,11,13,17H,3-5,8H2,1-2H3,(H,15,18)/t9?,11?,13-/m0/s1. The topological polar surface area (TPSA) is 101 Å². The zero-order valence-electron chi connectivity index (χ0n) is 12.2. The lowest BCUT2D eigenvalue weighted by molar-refractivity contribution is -0.120. The van der Waals surface area contributed by atoms with Crippen molar-refractivity contribution in [2.45, 2.75) is 31.9 Å². The molecule has 0 bridgehead atoms. The van der Waals surface area contributed by atoms with E-state index >= 15 is 0 Å². The van der Waals surface area contributed by atoms with Gasteiger partial charge < -0.3 is 10.4 Å². The van der Waals surface area contributed by atoms with Gasteiger partial charge in [-0.05, 0) is 18.8 Å². The zero-order valence-corrected chi connectivity index (χ0v) is 13.0. The van der Waals surface area contributed by atoms with Gasteiger partial charge in [0.1, 0.15) is 5.75 Å². The summed E-state index contributed by atoms with van der Waals surface area (Å²) < 4.78 is 24.7. The molecule has 8 heteroatoms. The van der Waals surface area contributed by atoms with Gasteiger partial charge >= 0.3 is 0 Å². The molecule has 1 aliphatic rings. The molecular weight excluding hydrogens is 294 g/mol. The van der Waals surface area contributed by atoms with Crippen LogP contribution in [0.5, 0.6) is 0 Å². The summed E-state index contributed by atoms with van der Waals surface area (Å²) in [7, 11) is -1.57. The molecule has 1 heterocycles. The van der Waals surface area contributed by atoms with E-state index in [2.05, 4.69) is 10.4 Å². The molecular formula is C13H21N3O4S. The molecule has 2 N–H and O–H groups in total. The van der Waals surface area contributed by atoms with Crippen LogP contribution < -0.4 is 5.32 Å². The maximum Gasteiger partial charge on any atom is 0.235 e. The summed E-state index contributed by atoms with van der Waals surface area (Å²) in [6, 6.07) is -0.304. The highest BCUT2D eigenvalue weighted by molar-refractivity contribution is 7.92. The summed E-state index contributed by atoms with van der Waals surface area (Å²) in [6.07, 6.45) is 4.31. The molecule has 1 fully saturated rings. The van der Waals surface area contributed by atoms with Crippen molar-refractivity contribution >= 4 is 15.7 Å². The van der Waals surface area contributed by atoms with Crippen LogP contribution in [0.15, 0.2) is 12.4 Å². The van der Waals surface area contributed by atoms with E-state index in [0.29, 0.717) is 12.8 Å². The first kappa shape index (κ1) is 16.0. The Balaban J connectivity index is 2.08. The van der Waals surface area contributed by atoms with Crippen LogP contribution in [0.3, 0.4) is 0 Å².